The van der Waals surface area contributed by atoms with Crippen molar-refractivity contribution in [2.45, 2.75) is 116 Å². The molecule has 0 bridgehead atoms. The molecule has 4 saturated heterocycles. The molecular weight excluding hydrogens is 633 g/mol. The molecule has 0 saturated carbocycles. The van der Waals surface area contributed by atoms with Crippen LogP contribution < -0.4 is 15.1 Å². The average molecular weight is 703 g/mol. The minimum absolute atomic E-state index is 0.0975. The Morgan fingerprint density at radius 3 is 1.71 bits per heavy atom. The fourth-order valence-electron chi connectivity index (χ4n) is 8.45. The molecular formula is C43H70N6O2. The van der Waals surface area contributed by atoms with E-state index < -0.39 is 5.60 Å². The number of nitrogens with one attached hydrogen (secondary N) is 1. The normalized spacial score (nSPS) is 25.5. The van der Waals surface area contributed by atoms with Gasteiger partial charge in [0.25, 0.3) is 0 Å². The summed E-state index contributed by atoms with van der Waals surface area (Å²) in [5.74, 6) is 1.33. The van der Waals surface area contributed by atoms with Crippen molar-refractivity contribution in [2.24, 2.45) is 11.8 Å². The largest absolute Gasteiger partial charge is 0.444 e. The van der Waals surface area contributed by atoms with Crippen LogP contribution in [-0.2, 0) is 4.74 Å². The van der Waals surface area contributed by atoms with Crippen molar-refractivity contribution in [3.63, 3.8) is 0 Å². The van der Waals surface area contributed by atoms with E-state index in [1.807, 2.05) is 25.7 Å². The molecule has 0 spiro atoms. The monoisotopic (exact) mass is 703 g/mol. The summed E-state index contributed by atoms with van der Waals surface area (Å²) in [6.07, 6.45) is 9.50. The third-order valence-corrected chi connectivity index (χ3v) is 11.8. The Kier molecular flexibility index (Phi) is 13.8. The molecule has 8 heteroatoms. The first kappa shape index (κ1) is 39.4. The molecule has 1 N–H and O–H groups in total. The van der Waals surface area contributed by atoms with E-state index in [0.717, 1.165) is 51.0 Å². The number of rotatable bonds is 6. The summed E-state index contributed by atoms with van der Waals surface area (Å²) in [4.78, 5) is 24.6. The van der Waals surface area contributed by atoms with Crippen molar-refractivity contribution in [3.8, 4) is 0 Å². The summed E-state index contributed by atoms with van der Waals surface area (Å²) in [5.41, 5.74) is 4.92. The quantitative estimate of drug-likeness (QED) is 0.326. The van der Waals surface area contributed by atoms with Crippen molar-refractivity contribution in [3.05, 3.63) is 59.7 Å². The number of nitrogens with zero attached hydrogens (tertiary/aromatic N) is 5. The van der Waals surface area contributed by atoms with Crippen LogP contribution in [0.5, 0.6) is 0 Å². The summed E-state index contributed by atoms with van der Waals surface area (Å²) >= 11 is 0. The zero-order chi connectivity index (χ0) is 36.7. The molecule has 0 aliphatic carbocycles. The second-order valence-electron chi connectivity index (χ2n) is 17.5. The van der Waals surface area contributed by atoms with Gasteiger partial charge in [-0.3, -0.25) is 0 Å². The molecule has 0 unspecified atom stereocenters. The first-order chi connectivity index (χ1) is 24.3. The molecule has 51 heavy (non-hydrogen) atoms. The number of carbonyl (C=O) groups is 1. The van der Waals surface area contributed by atoms with E-state index >= 15 is 0 Å². The third kappa shape index (κ3) is 11.1. The summed E-state index contributed by atoms with van der Waals surface area (Å²) < 4.78 is 5.73. The van der Waals surface area contributed by atoms with Crippen molar-refractivity contribution in [1.82, 2.24) is 20.0 Å². The van der Waals surface area contributed by atoms with Crippen molar-refractivity contribution in [2.75, 3.05) is 77.3 Å². The SMILES string of the molecule is C[C@H]1CC[C@H](c2cccc(N3CCC(N(C)C)CC3)c2)N(C(=O)OC(C)(C)C)C1.C[C@H]1CC[C@H](c2cccc(N3CCC(N(C)C)CC3)c2)NC1. The molecule has 8 nitrogen and oxygen atoms in total. The Morgan fingerprint density at radius 1 is 0.706 bits per heavy atom. The van der Waals surface area contributed by atoms with Crippen molar-refractivity contribution >= 4 is 17.5 Å². The number of benzene rings is 2. The van der Waals surface area contributed by atoms with Crippen LogP contribution in [0.15, 0.2) is 48.5 Å². The predicted molar refractivity (Wildman–Crippen MR) is 214 cm³/mol. The molecule has 4 aliphatic heterocycles. The third-order valence-electron chi connectivity index (χ3n) is 11.8. The summed E-state index contributed by atoms with van der Waals surface area (Å²) in [7, 11) is 8.76. The second-order valence-corrected chi connectivity index (χ2v) is 17.5. The molecule has 2 aromatic carbocycles. The Balaban J connectivity index is 0.000000205. The van der Waals surface area contributed by atoms with Gasteiger partial charge in [0.15, 0.2) is 0 Å². The fraction of sp³-hybridized carbons (Fsp3) is 0.698. The Bertz CT molecular complexity index is 1370. The van der Waals surface area contributed by atoms with Gasteiger partial charge in [0.05, 0.1) is 6.04 Å². The fourth-order valence-corrected chi connectivity index (χ4v) is 8.45. The lowest BCUT2D eigenvalue weighted by Gasteiger charge is -2.40. The highest BCUT2D eigenvalue weighted by molar-refractivity contribution is 5.69. The van der Waals surface area contributed by atoms with Crippen LogP contribution in [0.2, 0.25) is 0 Å². The molecule has 4 aliphatic rings. The maximum atomic E-state index is 12.9. The highest BCUT2D eigenvalue weighted by atomic mass is 16.6. The van der Waals surface area contributed by atoms with Gasteiger partial charge in [0.1, 0.15) is 5.60 Å². The summed E-state index contributed by atoms with van der Waals surface area (Å²) in [5, 5.41) is 3.71. The second kappa shape index (κ2) is 17.8. The molecule has 0 aromatic heterocycles. The molecule has 284 valence electrons. The maximum absolute atomic E-state index is 12.9. The lowest BCUT2D eigenvalue weighted by molar-refractivity contribution is 0.00363. The number of hydrogen-bond acceptors (Lipinski definition) is 7. The van der Waals surface area contributed by atoms with Gasteiger partial charge < -0.3 is 34.6 Å². The number of anilines is 2. The minimum atomic E-state index is -0.471. The maximum Gasteiger partial charge on any atom is 0.410 e. The van der Waals surface area contributed by atoms with Gasteiger partial charge >= 0.3 is 6.09 Å². The highest BCUT2D eigenvalue weighted by Crippen LogP contribution is 2.36. The summed E-state index contributed by atoms with van der Waals surface area (Å²) in [6, 6.07) is 20.1. The van der Waals surface area contributed by atoms with E-state index in [4.69, 9.17) is 4.74 Å². The van der Waals surface area contributed by atoms with E-state index in [1.54, 1.807) is 0 Å². The van der Waals surface area contributed by atoms with Crippen LogP contribution in [0.4, 0.5) is 16.2 Å². The van der Waals surface area contributed by atoms with Crippen LogP contribution in [0.3, 0.4) is 0 Å². The number of ether oxygens (including phenoxy) is 1. The summed E-state index contributed by atoms with van der Waals surface area (Å²) in [6.45, 7) is 16.8. The van der Waals surface area contributed by atoms with Gasteiger partial charge in [-0.25, -0.2) is 4.79 Å². The molecule has 0 radical (unpaired) electrons. The topological polar surface area (TPSA) is 54.5 Å². The lowest BCUT2D eigenvalue weighted by atomic mass is 9.90. The standard InChI is InChI=1S/C24H39N3O2.C19H31N3/c1-18-10-11-22(27(17-18)23(28)29-24(2,3)4)19-8-7-9-21(16-19)26-14-12-20(13-15-26)25(5)6;1-15-7-8-19(20-14-15)16-5-4-6-18(13-16)22-11-9-17(10-12-22)21(2)3/h7-9,16,18,20,22H,10-15,17H2,1-6H3;4-6,13,15,17,19-20H,7-12,14H2,1-3H3/t18-,22+;15-,19+/m00/s1. The molecule has 4 heterocycles. The predicted octanol–water partition coefficient (Wildman–Crippen LogP) is 8.20. The van der Waals surface area contributed by atoms with Gasteiger partial charge in [-0.2, -0.15) is 0 Å². The average Bonchev–Trinajstić information content (AvgIpc) is 3.11. The minimum Gasteiger partial charge on any atom is -0.444 e. The number of carbonyl (C=O) groups excluding carboxylic acids is 1. The Hall–Kier alpha value is -2.81. The molecule has 6 rings (SSSR count). The number of amides is 1. The Morgan fingerprint density at radius 2 is 1.22 bits per heavy atom. The first-order valence-electron chi connectivity index (χ1n) is 20.0. The van der Waals surface area contributed by atoms with Gasteiger partial charge in [-0.15, -0.1) is 0 Å². The van der Waals surface area contributed by atoms with Crippen LogP contribution in [-0.4, -0.2) is 106 Å². The Labute approximate surface area is 310 Å². The highest BCUT2D eigenvalue weighted by Gasteiger charge is 2.34. The van der Waals surface area contributed by atoms with E-state index in [-0.39, 0.29) is 12.1 Å². The molecule has 4 fully saturated rings. The van der Waals surface area contributed by atoms with Crippen molar-refractivity contribution in [1.29, 1.82) is 0 Å². The zero-order valence-electron chi connectivity index (χ0n) is 33.5. The van der Waals surface area contributed by atoms with Gasteiger partial charge in [0.2, 0.25) is 0 Å². The first-order valence-corrected chi connectivity index (χ1v) is 20.0. The van der Waals surface area contributed by atoms with Gasteiger partial charge in [0, 0.05) is 62.2 Å². The van der Waals surface area contributed by atoms with Crippen LogP contribution in [0.1, 0.15) is 109 Å². The van der Waals surface area contributed by atoms with Crippen LogP contribution in [0, 0.1) is 11.8 Å². The van der Waals surface area contributed by atoms with Crippen LogP contribution in [0.25, 0.3) is 0 Å². The zero-order valence-corrected chi connectivity index (χ0v) is 33.5. The van der Waals surface area contributed by atoms with Crippen LogP contribution >= 0.6 is 0 Å². The number of hydrogen-bond donors (Lipinski definition) is 1. The molecule has 1 amide bonds. The smallest absolute Gasteiger partial charge is 0.410 e. The van der Waals surface area contributed by atoms with E-state index in [9.17, 15) is 4.79 Å². The lowest BCUT2D eigenvalue weighted by Crippen LogP contribution is -2.44. The van der Waals surface area contributed by atoms with Gasteiger partial charge in [-0.05, 0) is 154 Å². The number of likely N-dealkylation sites (tertiary alicyclic amines) is 1. The molecule has 2 aromatic rings. The van der Waals surface area contributed by atoms with Gasteiger partial charge in [-0.1, -0.05) is 38.1 Å². The molecule has 4 atom stereocenters. The van der Waals surface area contributed by atoms with E-state index in [0.29, 0.717) is 18.0 Å². The van der Waals surface area contributed by atoms with E-state index in [2.05, 4.69) is 115 Å². The van der Waals surface area contributed by atoms with E-state index in [1.165, 1.54) is 74.1 Å². The number of piperidine rings is 4. The van der Waals surface area contributed by atoms with Crippen molar-refractivity contribution < 1.29 is 9.53 Å².